The van der Waals surface area contributed by atoms with Crippen LogP contribution < -0.4 is 0 Å². The summed E-state index contributed by atoms with van der Waals surface area (Å²) in [5.74, 6) is 0. The molecule has 0 bridgehead atoms. The first kappa shape index (κ1) is 13.9. The minimum Gasteiger partial charge on any atom is -0.395 e. The van der Waals surface area contributed by atoms with Gasteiger partial charge in [0.05, 0.1) is 19.3 Å². The highest BCUT2D eigenvalue weighted by molar-refractivity contribution is 4.75. The van der Waals surface area contributed by atoms with Gasteiger partial charge >= 0.3 is 0 Å². The fourth-order valence-corrected chi connectivity index (χ4v) is 2.13. The monoisotopic (exact) mass is 230 g/mol. The first-order valence-corrected chi connectivity index (χ1v) is 6.36. The molecule has 0 amide bonds. The first-order chi connectivity index (χ1) is 7.67. The van der Waals surface area contributed by atoms with Crippen molar-refractivity contribution in [2.45, 2.75) is 32.9 Å². The highest BCUT2D eigenvalue weighted by Gasteiger charge is 2.22. The van der Waals surface area contributed by atoms with E-state index < -0.39 is 0 Å². The Hall–Kier alpha value is -0.160. The quantitative estimate of drug-likeness (QED) is 0.717. The smallest absolute Gasteiger partial charge is 0.0829 e. The lowest BCUT2D eigenvalue weighted by molar-refractivity contribution is -0.0470. The molecular formula is C12H26N2O2. The van der Waals surface area contributed by atoms with Gasteiger partial charge in [0.15, 0.2) is 0 Å². The van der Waals surface area contributed by atoms with Crippen molar-refractivity contribution in [1.29, 1.82) is 0 Å². The summed E-state index contributed by atoms with van der Waals surface area (Å²) in [4.78, 5) is 4.70. The van der Waals surface area contributed by atoms with E-state index in [9.17, 15) is 0 Å². The van der Waals surface area contributed by atoms with Crippen molar-refractivity contribution in [3.63, 3.8) is 0 Å². The predicted molar refractivity (Wildman–Crippen MR) is 65.6 cm³/mol. The van der Waals surface area contributed by atoms with Gasteiger partial charge in [-0.2, -0.15) is 0 Å². The minimum absolute atomic E-state index is 0.225. The summed E-state index contributed by atoms with van der Waals surface area (Å²) in [5.41, 5.74) is 0. The van der Waals surface area contributed by atoms with E-state index >= 15 is 0 Å². The Balaban J connectivity index is 2.38. The van der Waals surface area contributed by atoms with Crippen LogP contribution in [0.15, 0.2) is 0 Å². The normalized spacial score (nSPS) is 23.2. The van der Waals surface area contributed by atoms with Crippen LogP contribution in [0, 0.1) is 0 Å². The average molecular weight is 230 g/mol. The zero-order valence-corrected chi connectivity index (χ0v) is 10.9. The maximum absolute atomic E-state index is 9.02. The van der Waals surface area contributed by atoms with E-state index in [-0.39, 0.29) is 6.61 Å². The summed E-state index contributed by atoms with van der Waals surface area (Å²) in [6.07, 6.45) is 0.294. The fourth-order valence-electron chi connectivity index (χ4n) is 2.13. The van der Waals surface area contributed by atoms with Gasteiger partial charge in [-0.05, 0) is 20.4 Å². The molecule has 0 radical (unpaired) electrons. The van der Waals surface area contributed by atoms with Crippen LogP contribution in [0.4, 0.5) is 0 Å². The zero-order chi connectivity index (χ0) is 12.0. The highest BCUT2D eigenvalue weighted by atomic mass is 16.5. The lowest BCUT2D eigenvalue weighted by atomic mass is 10.2. The SMILES string of the molecule is CCN1CCOC(CN(CCO)C(C)C)C1. The van der Waals surface area contributed by atoms with Crippen LogP contribution in [0.3, 0.4) is 0 Å². The summed E-state index contributed by atoms with van der Waals surface area (Å²) < 4.78 is 5.77. The fraction of sp³-hybridized carbons (Fsp3) is 1.00. The van der Waals surface area contributed by atoms with E-state index in [1.54, 1.807) is 0 Å². The second-order valence-electron chi connectivity index (χ2n) is 4.70. The second-order valence-corrected chi connectivity index (χ2v) is 4.70. The second kappa shape index (κ2) is 7.22. The molecular weight excluding hydrogens is 204 g/mol. The van der Waals surface area contributed by atoms with Gasteiger partial charge in [0.25, 0.3) is 0 Å². The maximum Gasteiger partial charge on any atom is 0.0829 e. The number of ether oxygens (including phenoxy) is 1. The number of nitrogens with zero attached hydrogens (tertiary/aromatic N) is 2. The lowest BCUT2D eigenvalue weighted by Crippen LogP contribution is -2.49. The molecule has 0 aromatic rings. The maximum atomic E-state index is 9.02. The molecule has 1 rings (SSSR count). The van der Waals surface area contributed by atoms with Crippen molar-refractivity contribution in [3.8, 4) is 0 Å². The molecule has 16 heavy (non-hydrogen) atoms. The molecule has 0 spiro atoms. The number of hydrogen-bond acceptors (Lipinski definition) is 4. The van der Waals surface area contributed by atoms with Crippen molar-refractivity contribution in [1.82, 2.24) is 9.80 Å². The van der Waals surface area contributed by atoms with Crippen LogP contribution in [0.25, 0.3) is 0 Å². The number of rotatable bonds is 6. The van der Waals surface area contributed by atoms with E-state index in [4.69, 9.17) is 9.84 Å². The summed E-state index contributed by atoms with van der Waals surface area (Å²) in [6.45, 7) is 12.4. The Morgan fingerprint density at radius 1 is 1.50 bits per heavy atom. The van der Waals surface area contributed by atoms with Gasteiger partial charge in [0.1, 0.15) is 0 Å². The summed E-state index contributed by atoms with van der Waals surface area (Å²) in [5, 5.41) is 9.02. The molecule has 0 saturated carbocycles. The molecule has 0 aromatic heterocycles. The molecule has 96 valence electrons. The third-order valence-electron chi connectivity index (χ3n) is 3.23. The van der Waals surface area contributed by atoms with Crippen LogP contribution >= 0.6 is 0 Å². The number of aliphatic hydroxyl groups is 1. The zero-order valence-electron chi connectivity index (χ0n) is 10.9. The Morgan fingerprint density at radius 2 is 2.25 bits per heavy atom. The van der Waals surface area contributed by atoms with Gasteiger partial charge in [-0.25, -0.2) is 0 Å². The molecule has 1 unspecified atom stereocenters. The Labute approximate surface area is 99.2 Å². The van der Waals surface area contributed by atoms with Crippen molar-refractivity contribution in [2.75, 3.05) is 45.9 Å². The Bertz CT molecular complexity index is 188. The van der Waals surface area contributed by atoms with Crippen LogP contribution in [0.1, 0.15) is 20.8 Å². The largest absolute Gasteiger partial charge is 0.395 e. The summed E-state index contributed by atoms with van der Waals surface area (Å²) in [7, 11) is 0. The van der Waals surface area contributed by atoms with E-state index in [0.29, 0.717) is 12.1 Å². The van der Waals surface area contributed by atoms with Crippen molar-refractivity contribution < 1.29 is 9.84 Å². The topological polar surface area (TPSA) is 35.9 Å². The molecule has 1 N–H and O–H groups in total. The molecule has 0 aromatic carbocycles. The Morgan fingerprint density at radius 3 is 2.81 bits per heavy atom. The summed E-state index contributed by atoms with van der Waals surface area (Å²) in [6, 6.07) is 0.466. The Kier molecular flexibility index (Phi) is 6.28. The summed E-state index contributed by atoms with van der Waals surface area (Å²) >= 11 is 0. The third-order valence-corrected chi connectivity index (χ3v) is 3.23. The van der Waals surface area contributed by atoms with Gasteiger partial charge in [-0.3, -0.25) is 9.80 Å². The van der Waals surface area contributed by atoms with Gasteiger partial charge in [0, 0.05) is 32.2 Å². The van der Waals surface area contributed by atoms with Crippen LogP contribution in [0.2, 0.25) is 0 Å². The molecule has 0 aliphatic carbocycles. The van der Waals surface area contributed by atoms with Crippen LogP contribution in [-0.4, -0.2) is 73.0 Å². The van der Waals surface area contributed by atoms with E-state index in [1.165, 1.54) is 0 Å². The molecule has 4 heteroatoms. The highest BCUT2D eigenvalue weighted by Crippen LogP contribution is 2.08. The molecule has 1 atom stereocenters. The predicted octanol–water partition coefficient (Wildman–Crippen LogP) is 0.410. The molecule has 4 nitrogen and oxygen atoms in total. The average Bonchev–Trinajstić information content (AvgIpc) is 2.28. The molecule has 1 fully saturated rings. The number of morpholine rings is 1. The van der Waals surface area contributed by atoms with E-state index in [1.807, 2.05) is 0 Å². The van der Waals surface area contributed by atoms with Gasteiger partial charge in [-0.15, -0.1) is 0 Å². The van der Waals surface area contributed by atoms with Gasteiger partial charge in [-0.1, -0.05) is 6.92 Å². The first-order valence-electron chi connectivity index (χ1n) is 6.36. The third kappa shape index (κ3) is 4.37. The van der Waals surface area contributed by atoms with Crippen molar-refractivity contribution >= 4 is 0 Å². The standard InChI is InChI=1S/C12H26N2O2/c1-4-13-6-8-16-12(9-13)10-14(5-7-15)11(2)3/h11-12,15H,4-10H2,1-3H3. The number of hydrogen-bond donors (Lipinski definition) is 1. The van der Waals surface area contributed by atoms with Crippen molar-refractivity contribution in [2.24, 2.45) is 0 Å². The lowest BCUT2D eigenvalue weighted by Gasteiger charge is -2.36. The molecule has 1 heterocycles. The van der Waals surface area contributed by atoms with E-state index in [0.717, 1.165) is 39.3 Å². The minimum atomic E-state index is 0.225. The molecule has 1 aliphatic rings. The number of likely N-dealkylation sites (N-methyl/N-ethyl adjacent to an activating group) is 1. The van der Waals surface area contributed by atoms with Gasteiger partial charge in [0.2, 0.25) is 0 Å². The molecule has 1 aliphatic heterocycles. The number of aliphatic hydroxyl groups excluding tert-OH is 1. The van der Waals surface area contributed by atoms with E-state index in [2.05, 4.69) is 30.6 Å². The van der Waals surface area contributed by atoms with Crippen LogP contribution in [-0.2, 0) is 4.74 Å². The van der Waals surface area contributed by atoms with Gasteiger partial charge < -0.3 is 9.84 Å². The van der Waals surface area contributed by atoms with Crippen molar-refractivity contribution in [3.05, 3.63) is 0 Å². The van der Waals surface area contributed by atoms with Crippen LogP contribution in [0.5, 0.6) is 0 Å². The molecule has 1 saturated heterocycles.